The summed E-state index contributed by atoms with van der Waals surface area (Å²) in [7, 11) is 0. The van der Waals surface area contributed by atoms with E-state index in [-0.39, 0.29) is 6.04 Å². The maximum Gasteiger partial charge on any atom is 0.0333 e. The number of nitrogens with two attached hydrogens (primary N) is 1. The minimum atomic E-state index is 0.152. The van der Waals surface area contributed by atoms with Gasteiger partial charge in [0.2, 0.25) is 0 Å². The monoisotopic (exact) mass is 246 g/mol. The maximum atomic E-state index is 6.36. The van der Waals surface area contributed by atoms with Crippen molar-refractivity contribution >= 4 is 0 Å². The molecule has 1 fully saturated rings. The van der Waals surface area contributed by atoms with E-state index < -0.39 is 0 Å². The van der Waals surface area contributed by atoms with Gasteiger partial charge < -0.3 is 10.6 Å². The zero-order chi connectivity index (χ0) is 13.0. The Balaban J connectivity index is 1.87. The highest BCUT2D eigenvalue weighted by molar-refractivity contribution is 5.19. The first-order valence-corrected chi connectivity index (χ1v) is 7.23. The van der Waals surface area contributed by atoms with Crippen LogP contribution in [0, 0.1) is 11.8 Å². The van der Waals surface area contributed by atoms with Crippen molar-refractivity contribution in [3.8, 4) is 0 Å². The molecule has 1 saturated carbocycles. The van der Waals surface area contributed by atoms with Crippen LogP contribution in [0.4, 0.5) is 0 Å². The smallest absolute Gasteiger partial charge is 0.0333 e. The van der Waals surface area contributed by atoms with Crippen molar-refractivity contribution in [1.82, 2.24) is 4.90 Å². The van der Waals surface area contributed by atoms with Gasteiger partial charge >= 0.3 is 0 Å². The Bertz CT molecular complexity index is 345. The van der Waals surface area contributed by atoms with Crippen molar-refractivity contribution in [1.29, 1.82) is 0 Å². The van der Waals surface area contributed by atoms with Crippen molar-refractivity contribution in [2.75, 3.05) is 19.6 Å². The highest BCUT2D eigenvalue weighted by Crippen LogP contribution is 2.30. The Morgan fingerprint density at radius 2 is 1.94 bits per heavy atom. The first-order valence-electron chi connectivity index (χ1n) is 7.23. The molecule has 0 amide bonds. The molecule has 1 aliphatic carbocycles. The number of hydrogen-bond donors (Lipinski definition) is 1. The van der Waals surface area contributed by atoms with Crippen LogP contribution in [0.3, 0.4) is 0 Å². The van der Waals surface area contributed by atoms with Gasteiger partial charge in [-0.1, -0.05) is 44.2 Å². The molecule has 0 spiro atoms. The summed E-state index contributed by atoms with van der Waals surface area (Å²) in [5.74, 6) is 1.47. The highest BCUT2D eigenvalue weighted by atomic mass is 15.1. The zero-order valence-corrected chi connectivity index (χ0v) is 11.7. The lowest BCUT2D eigenvalue weighted by molar-refractivity contribution is 0.224. The Labute approximate surface area is 111 Å². The molecule has 18 heavy (non-hydrogen) atoms. The Hall–Kier alpha value is -0.860. The fraction of sp³-hybridized carbons (Fsp3) is 0.625. The standard InChI is InChI=1S/C16H26N2/c1-3-18(12-14-9-10-14)11-13(2)16(17)15-7-5-4-6-8-15/h4-8,13-14,16H,3,9-12,17H2,1-2H3. The van der Waals surface area contributed by atoms with Crippen LogP contribution in [0.2, 0.25) is 0 Å². The van der Waals surface area contributed by atoms with E-state index in [1.165, 1.54) is 24.9 Å². The second kappa shape index (κ2) is 6.35. The van der Waals surface area contributed by atoms with Crippen molar-refractivity contribution in [3.63, 3.8) is 0 Å². The third-order valence-corrected chi connectivity index (χ3v) is 4.00. The highest BCUT2D eigenvalue weighted by Gasteiger charge is 2.25. The van der Waals surface area contributed by atoms with Gasteiger partial charge in [0.25, 0.3) is 0 Å². The Morgan fingerprint density at radius 1 is 1.28 bits per heavy atom. The lowest BCUT2D eigenvalue weighted by Gasteiger charge is -2.28. The van der Waals surface area contributed by atoms with Gasteiger partial charge in [-0.05, 0) is 36.8 Å². The van der Waals surface area contributed by atoms with E-state index in [1.54, 1.807) is 0 Å². The summed E-state index contributed by atoms with van der Waals surface area (Å²) >= 11 is 0. The van der Waals surface area contributed by atoms with Crippen molar-refractivity contribution < 1.29 is 0 Å². The van der Waals surface area contributed by atoms with Gasteiger partial charge in [-0.25, -0.2) is 0 Å². The minimum Gasteiger partial charge on any atom is -0.324 e. The molecule has 0 radical (unpaired) electrons. The quantitative estimate of drug-likeness (QED) is 0.801. The predicted molar refractivity (Wildman–Crippen MR) is 77.4 cm³/mol. The van der Waals surface area contributed by atoms with Crippen molar-refractivity contribution in [2.24, 2.45) is 17.6 Å². The lowest BCUT2D eigenvalue weighted by atomic mass is 9.95. The molecule has 2 unspecified atom stereocenters. The van der Waals surface area contributed by atoms with Crippen LogP contribution in [0.1, 0.15) is 38.3 Å². The lowest BCUT2D eigenvalue weighted by Crippen LogP contribution is -2.34. The van der Waals surface area contributed by atoms with E-state index in [9.17, 15) is 0 Å². The minimum absolute atomic E-state index is 0.152. The van der Waals surface area contributed by atoms with Crippen molar-refractivity contribution in [2.45, 2.75) is 32.7 Å². The molecule has 2 atom stereocenters. The summed E-state index contributed by atoms with van der Waals surface area (Å²) < 4.78 is 0. The van der Waals surface area contributed by atoms with Gasteiger partial charge in [0.1, 0.15) is 0 Å². The average molecular weight is 246 g/mol. The average Bonchev–Trinajstić information content (AvgIpc) is 3.22. The molecule has 100 valence electrons. The van der Waals surface area contributed by atoms with E-state index in [4.69, 9.17) is 5.73 Å². The van der Waals surface area contributed by atoms with Gasteiger partial charge in [0.15, 0.2) is 0 Å². The Morgan fingerprint density at radius 3 is 2.50 bits per heavy atom. The summed E-state index contributed by atoms with van der Waals surface area (Å²) in [6.45, 7) is 8.05. The summed E-state index contributed by atoms with van der Waals surface area (Å²) in [6.07, 6.45) is 2.85. The topological polar surface area (TPSA) is 29.3 Å². The molecule has 2 heteroatoms. The van der Waals surface area contributed by atoms with Gasteiger partial charge in [-0.2, -0.15) is 0 Å². The van der Waals surface area contributed by atoms with Gasteiger partial charge in [-0.3, -0.25) is 0 Å². The van der Waals surface area contributed by atoms with Crippen molar-refractivity contribution in [3.05, 3.63) is 35.9 Å². The molecule has 1 aliphatic rings. The summed E-state index contributed by atoms with van der Waals surface area (Å²) in [6, 6.07) is 10.6. The largest absolute Gasteiger partial charge is 0.324 e. The van der Waals surface area contributed by atoms with Crippen LogP contribution in [-0.4, -0.2) is 24.5 Å². The van der Waals surface area contributed by atoms with Gasteiger partial charge in [0.05, 0.1) is 0 Å². The second-order valence-electron chi connectivity index (χ2n) is 5.71. The molecular weight excluding hydrogens is 220 g/mol. The van der Waals surface area contributed by atoms with E-state index >= 15 is 0 Å². The van der Waals surface area contributed by atoms with Crippen LogP contribution in [-0.2, 0) is 0 Å². The summed E-state index contributed by atoms with van der Waals surface area (Å²) in [4.78, 5) is 2.56. The molecule has 2 rings (SSSR count). The van der Waals surface area contributed by atoms with E-state index in [0.29, 0.717) is 5.92 Å². The van der Waals surface area contributed by atoms with Crippen LogP contribution >= 0.6 is 0 Å². The fourth-order valence-corrected chi connectivity index (χ4v) is 2.52. The normalized spacial score (nSPS) is 18.9. The van der Waals surface area contributed by atoms with Crippen LogP contribution < -0.4 is 5.73 Å². The number of benzene rings is 1. The van der Waals surface area contributed by atoms with Gasteiger partial charge in [0, 0.05) is 19.1 Å². The maximum absolute atomic E-state index is 6.36. The molecule has 2 nitrogen and oxygen atoms in total. The van der Waals surface area contributed by atoms with Crippen LogP contribution in [0.15, 0.2) is 30.3 Å². The molecule has 1 aromatic carbocycles. The summed E-state index contributed by atoms with van der Waals surface area (Å²) in [5.41, 5.74) is 7.62. The zero-order valence-electron chi connectivity index (χ0n) is 11.7. The SMILES string of the molecule is CCN(CC1CC1)CC(C)C(N)c1ccccc1. The molecule has 1 aromatic rings. The first kappa shape index (κ1) is 13.6. The van der Waals surface area contributed by atoms with E-state index in [1.807, 2.05) is 6.07 Å². The van der Waals surface area contributed by atoms with Crippen LogP contribution in [0.25, 0.3) is 0 Å². The number of rotatable bonds is 7. The molecular formula is C16H26N2. The molecule has 0 aliphatic heterocycles. The molecule has 0 aromatic heterocycles. The third kappa shape index (κ3) is 3.82. The molecule has 0 heterocycles. The number of nitrogens with zero attached hydrogens (tertiary/aromatic N) is 1. The molecule has 0 saturated heterocycles. The number of hydrogen-bond acceptors (Lipinski definition) is 2. The Kier molecular flexibility index (Phi) is 4.79. The van der Waals surface area contributed by atoms with E-state index in [0.717, 1.165) is 19.0 Å². The van der Waals surface area contributed by atoms with Crippen LogP contribution in [0.5, 0.6) is 0 Å². The predicted octanol–water partition coefficient (Wildman–Crippen LogP) is 3.05. The van der Waals surface area contributed by atoms with Gasteiger partial charge in [-0.15, -0.1) is 0 Å². The molecule has 2 N–H and O–H groups in total. The molecule has 0 bridgehead atoms. The first-order chi connectivity index (χ1) is 8.70. The summed E-state index contributed by atoms with van der Waals surface area (Å²) in [5, 5.41) is 0. The second-order valence-corrected chi connectivity index (χ2v) is 5.71. The van der Waals surface area contributed by atoms with E-state index in [2.05, 4.69) is 43.0 Å². The fourth-order valence-electron chi connectivity index (χ4n) is 2.52. The third-order valence-electron chi connectivity index (χ3n) is 4.00.